The minimum Gasteiger partial charge on any atom is -0.287 e. The van der Waals surface area contributed by atoms with E-state index in [0.29, 0.717) is 5.13 Å². The van der Waals surface area contributed by atoms with Gasteiger partial charge in [0.1, 0.15) is 5.82 Å². The summed E-state index contributed by atoms with van der Waals surface area (Å²) in [7, 11) is 1.60. The Bertz CT molecular complexity index is 751. The molecule has 1 aromatic heterocycles. The van der Waals surface area contributed by atoms with Gasteiger partial charge in [0.2, 0.25) is 0 Å². The molecule has 3 aromatic rings. The van der Waals surface area contributed by atoms with E-state index in [2.05, 4.69) is 4.98 Å². The predicted octanol–water partition coefficient (Wildman–Crippen LogP) is 3.71. The first-order chi connectivity index (χ1) is 9.66. The second-order valence-electron chi connectivity index (χ2n) is 4.31. The minimum atomic E-state index is -0.523. The second kappa shape index (κ2) is 5.02. The fourth-order valence-corrected chi connectivity index (χ4v) is 2.83. The van der Waals surface area contributed by atoms with Crippen LogP contribution >= 0.6 is 11.3 Å². The molecule has 2 aromatic carbocycles. The molecule has 0 bridgehead atoms. The summed E-state index contributed by atoms with van der Waals surface area (Å²) in [4.78, 5) is 18.1. The Hall–Kier alpha value is -2.27. The molecule has 0 N–H and O–H groups in total. The lowest BCUT2D eigenvalue weighted by atomic mass is 10.2. The van der Waals surface area contributed by atoms with Crippen LogP contribution in [0.2, 0.25) is 0 Å². The molecular formula is C15H11FN2OS. The lowest BCUT2D eigenvalue weighted by Crippen LogP contribution is -2.26. The number of rotatable bonds is 2. The maximum atomic E-state index is 13.7. The number of anilines is 1. The Labute approximate surface area is 119 Å². The fraction of sp³-hybridized carbons (Fsp3) is 0.0667. The van der Waals surface area contributed by atoms with Crippen molar-refractivity contribution in [3.05, 3.63) is 59.9 Å². The maximum Gasteiger partial charge on any atom is 0.262 e. The summed E-state index contributed by atoms with van der Waals surface area (Å²) in [5, 5.41) is 0.555. The number of hydrogen-bond donors (Lipinski definition) is 0. The summed E-state index contributed by atoms with van der Waals surface area (Å²) in [5.41, 5.74) is 0.884. The van der Waals surface area contributed by atoms with Crippen LogP contribution in [0.5, 0.6) is 0 Å². The molecule has 1 amide bonds. The summed E-state index contributed by atoms with van der Waals surface area (Å²) in [6, 6.07) is 13.6. The van der Waals surface area contributed by atoms with Crippen molar-refractivity contribution in [3.8, 4) is 0 Å². The molecule has 5 heteroatoms. The smallest absolute Gasteiger partial charge is 0.262 e. The largest absolute Gasteiger partial charge is 0.287 e. The zero-order chi connectivity index (χ0) is 14.1. The number of halogens is 1. The van der Waals surface area contributed by atoms with Crippen LogP contribution in [0.4, 0.5) is 9.52 Å². The molecule has 0 saturated carbocycles. The lowest BCUT2D eigenvalue weighted by molar-refractivity contribution is 0.0989. The van der Waals surface area contributed by atoms with E-state index < -0.39 is 11.7 Å². The van der Waals surface area contributed by atoms with E-state index in [1.54, 1.807) is 19.2 Å². The number of para-hydroxylation sites is 1. The molecule has 0 fully saturated rings. The Morgan fingerprint density at radius 2 is 1.85 bits per heavy atom. The average Bonchev–Trinajstić information content (AvgIpc) is 2.90. The Kier molecular flexibility index (Phi) is 3.20. The topological polar surface area (TPSA) is 33.2 Å². The summed E-state index contributed by atoms with van der Waals surface area (Å²) in [6.07, 6.45) is 0. The molecule has 0 saturated heterocycles. The summed E-state index contributed by atoms with van der Waals surface area (Å²) < 4.78 is 14.7. The van der Waals surface area contributed by atoms with Crippen LogP contribution in [0, 0.1) is 5.82 Å². The first-order valence-corrected chi connectivity index (χ1v) is 6.86. The summed E-state index contributed by atoms with van der Waals surface area (Å²) in [6.45, 7) is 0. The normalized spacial score (nSPS) is 10.7. The van der Waals surface area contributed by atoms with Crippen molar-refractivity contribution >= 4 is 32.6 Å². The Morgan fingerprint density at radius 3 is 2.60 bits per heavy atom. The third-order valence-corrected chi connectivity index (χ3v) is 4.09. The van der Waals surface area contributed by atoms with E-state index in [0.717, 1.165) is 10.2 Å². The van der Waals surface area contributed by atoms with E-state index in [1.807, 2.05) is 24.3 Å². The molecule has 0 radical (unpaired) electrons. The Morgan fingerprint density at radius 1 is 1.15 bits per heavy atom. The number of thiazole rings is 1. The molecule has 0 aliphatic carbocycles. The maximum absolute atomic E-state index is 13.7. The van der Waals surface area contributed by atoms with Crippen LogP contribution in [0.3, 0.4) is 0 Å². The van der Waals surface area contributed by atoms with E-state index >= 15 is 0 Å². The van der Waals surface area contributed by atoms with Gasteiger partial charge in [-0.05, 0) is 24.3 Å². The highest BCUT2D eigenvalue weighted by Crippen LogP contribution is 2.28. The second-order valence-corrected chi connectivity index (χ2v) is 5.32. The number of fused-ring (bicyclic) bond motifs is 1. The van der Waals surface area contributed by atoms with Gasteiger partial charge in [0.05, 0.1) is 15.8 Å². The number of hydrogen-bond acceptors (Lipinski definition) is 3. The third kappa shape index (κ3) is 2.16. The van der Waals surface area contributed by atoms with Crippen LogP contribution in [0.15, 0.2) is 48.5 Å². The van der Waals surface area contributed by atoms with E-state index in [1.165, 1.54) is 28.4 Å². The van der Waals surface area contributed by atoms with Crippen molar-refractivity contribution in [2.45, 2.75) is 0 Å². The first-order valence-electron chi connectivity index (χ1n) is 6.05. The Balaban J connectivity index is 1.98. The number of amides is 1. The molecule has 3 nitrogen and oxygen atoms in total. The van der Waals surface area contributed by atoms with Crippen molar-refractivity contribution < 1.29 is 9.18 Å². The first kappa shape index (κ1) is 12.7. The van der Waals surface area contributed by atoms with Crippen LogP contribution in [0.1, 0.15) is 10.4 Å². The van der Waals surface area contributed by atoms with Crippen molar-refractivity contribution in [3.63, 3.8) is 0 Å². The molecule has 0 aliphatic rings. The number of benzene rings is 2. The van der Waals surface area contributed by atoms with Crippen molar-refractivity contribution in [1.82, 2.24) is 4.98 Å². The zero-order valence-corrected chi connectivity index (χ0v) is 11.5. The average molecular weight is 286 g/mol. The zero-order valence-electron chi connectivity index (χ0n) is 10.7. The van der Waals surface area contributed by atoms with Crippen LogP contribution in [-0.2, 0) is 0 Å². The van der Waals surface area contributed by atoms with Gasteiger partial charge in [-0.2, -0.15) is 0 Å². The third-order valence-electron chi connectivity index (χ3n) is 2.98. The van der Waals surface area contributed by atoms with Gasteiger partial charge < -0.3 is 0 Å². The quantitative estimate of drug-likeness (QED) is 0.719. The minimum absolute atomic E-state index is 0.0502. The standard InChI is InChI=1S/C15H11FN2OS/c1-18(14(19)10-6-2-3-7-11(10)16)15-17-12-8-4-5-9-13(12)20-15/h2-9H,1H3. The van der Waals surface area contributed by atoms with Gasteiger partial charge in [0.15, 0.2) is 5.13 Å². The SMILES string of the molecule is CN(C(=O)c1ccccc1F)c1nc2ccccc2s1. The van der Waals surface area contributed by atoms with Gasteiger partial charge in [0, 0.05) is 7.05 Å². The highest BCUT2D eigenvalue weighted by molar-refractivity contribution is 7.22. The molecule has 0 spiro atoms. The van der Waals surface area contributed by atoms with Gasteiger partial charge in [-0.3, -0.25) is 9.69 Å². The lowest BCUT2D eigenvalue weighted by Gasteiger charge is -2.13. The molecule has 0 atom stereocenters. The van der Waals surface area contributed by atoms with Crippen LogP contribution in [0.25, 0.3) is 10.2 Å². The van der Waals surface area contributed by atoms with Crippen molar-refractivity contribution in [2.24, 2.45) is 0 Å². The van der Waals surface area contributed by atoms with E-state index in [-0.39, 0.29) is 5.56 Å². The van der Waals surface area contributed by atoms with Crippen molar-refractivity contribution in [1.29, 1.82) is 0 Å². The van der Waals surface area contributed by atoms with Crippen molar-refractivity contribution in [2.75, 3.05) is 11.9 Å². The van der Waals surface area contributed by atoms with E-state index in [4.69, 9.17) is 0 Å². The van der Waals surface area contributed by atoms with Gasteiger partial charge in [-0.1, -0.05) is 35.6 Å². The molecule has 1 heterocycles. The summed E-state index contributed by atoms with van der Waals surface area (Å²) in [5.74, 6) is -0.924. The predicted molar refractivity (Wildman–Crippen MR) is 78.8 cm³/mol. The molecular weight excluding hydrogens is 275 g/mol. The molecule has 20 heavy (non-hydrogen) atoms. The fourth-order valence-electron chi connectivity index (χ4n) is 1.91. The highest BCUT2D eigenvalue weighted by Gasteiger charge is 2.19. The van der Waals surface area contributed by atoms with Gasteiger partial charge in [-0.25, -0.2) is 9.37 Å². The van der Waals surface area contributed by atoms with Gasteiger partial charge in [-0.15, -0.1) is 0 Å². The van der Waals surface area contributed by atoms with Gasteiger partial charge in [0.25, 0.3) is 5.91 Å². The number of nitrogens with zero attached hydrogens (tertiary/aromatic N) is 2. The molecule has 0 aliphatic heterocycles. The number of aromatic nitrogens is 1. The number of carbonyl (C=O) groups excluding carboxylic acids is 1. The molecule has 3 rings (SSSR count). The van der Waals surface area contributed by atoms with Crippen LogP contribution in [-0.4, -0.2) is 17.9 Å². The number of carbonyl (C=O) groups is 1. The van der Waals surface area contributed by atoms with Crippen LogP contribution < -0.4 is 4.90 Å². The molecule has 100 valence electrons. The van der Waals surface area contributed by atoms with Gasteiger partial charge >= 0.3 is 0 Å². The monoisotopic (exact) mass is 286 g/mol. The molecule has 0 unspecified atom stereocenters. The summed E-state index contributed by atoms with van der Waals surface area (Å²) >= 11 is 1.41. The van der Waals surface area contributed by atoms with E-state index in [9.17, 15) is 9.18 Å². The highest BCUT2D eigenvalue weighted by atomic mass is 32.1.